The highest BCUT2D eigenvalue weighted by atomic mass is 32.2. The van der Waals surface area contributed by atoms with E-state index in [0.29, 0.717) is 12.2 Å². The highest BCUT2D eigenvalue weighted by Crippen LogP contribution is 1.99. The molecule has 0 heterocycles. The first kappa shape index (κ1) is 8.56. The van der Waals surface area contributed by atoms with Gasteiger partial charge in [-0.15, -0.1) is 0 Å². The lowest BCUT2D eigenvalue weighted by Gasteiger charge is -1.93. The normalized spacial score (nSPS) is 9.00. The Hall–Kier alpha value is -0.440. The molecule has 0 aliphatic carbocycles. The Morgan fingerprint density at radius 1 is 1.78 bits per heavy atom. The zero-order valence-electron chi connectivity index (χ0n) is 5.26. The summed E-state index contributed by atoms with van der Waals surface area (Å²) in [7, 11) is 0. The minimum absolute atomic E-state index is 0.323. The summed E-state index contributed by atoms with van der Waals surface area (Å²) in [6, 6.07) is 0. The monoisotopic (exact) mass is 145 g/mol. The van der Waals surface area contributed by atoms with Gasteiger partial charge < -0.3 is 5.11 Å². The summed E-state index contributed by atoms with van der Waals surface area (Å²) in [6.07, 6.45) is 2.21. The Bertz CT molecular complexity index is 120. The van der Waals surface area contributed by atoms with E-state index in [1.165, 1.54) is 0 Å². The molecule has 0 aromatic rings. The molecule has 0 saturated carbocycles. The van der Waals surface area contributed by atoms with Crippen LogP contribution in [0.1, 0.15) is 6.42 Å². The summed E-state index contributed by atoms with van der Waals surface area (Å²) < 4.78 is 0. The van der Waals surface area contributed by atoms with Crippen LogP contribution in [-0.2, 0) is 4.79 Å². The molecule has 9 heavy (non-hydrogen) atoms. The molecular weight excluding hydrogens is 136 g/mol. The van der Waals surface area contributed by atoms with Crippen molar-refractivity contribution in [3.63, 3.8) is 0 Å². The molecule has 0 unspecified atom stereocenters. The third kappa shape index (κ3) is 4.09. The van der Waals surface area contributed by atoms with E-state index < -0.39 is 5.76 Å². The van der Waals surface area contributed by atoms with Gasteiger partial charge in [0.1, 0.15) is 0 Å². The highest BCUT2D eigenvalue weighted by Gasteiger charge is 2.02. The molecule has 1 N–H and O–H groups in total. The fraction of sp³-hybridized carbons (Fsp3) is 0.500. The van der Waals surface area contributed by atoms with Gasteiger partial charge in [0.15, 0.2) is 11.5 Å². The van der Waals surface area contributed by atoms with Crippen molar-refractivity contribution in [3.8, 4) is 0 Å². The molecule has 0 amide bonds. The number of thioether (sulfide) groups is 1. The first-order valence-electron chi connectivity index (χ1n) is 2.52. The number of Topliss-reactive ketones (excluding diaryl/α,β-unsaturated/α-hetero) is 1. The van der Waals surface area contributed by atoms with E-state index in [9.17, 15) is 4.79 Å². The van der Waals surface area contributed by atoms with Gasteiger partial charge in [0.25, 0.3) is 0 Å². The van der Waals surface area contributed by atoms with Crippen LogP contribution in [0.25, 0.3) is 0 Å². The second kappa shape index (κ2) is 4.44. The number of aliphatic hydroxyl groups excluding tert-OH is 1. The molecule has 0 aromatic heterocycles. The zero-order chi connectivity index (χ0) is 7.28. The lowest BCUT2D eigenvalue weighted by atomic mass is 10.3. The summed E-state index contributed by atoms with van der Waals surface area (Å²) in [5.41, 5.74) is 0. The van der Waals surface area contributed by atoms with Gasteiger partial charge in [-0.05, 0) is 12.8 Å². The van der Waals surface area contributed by atoms with Gasteiger partial charge >= 0.3 is 0 Å². The number of rotatable bonds is 4. The van der Waals surface area contributed by atoms with Crippen LogP contribution >= 0.6 is 11.8 Å². The fourth-order valence-corrected chi connectivity index (χ4v) is 0.712. The van der Waals surface area contributed by atoms with Crippen molar-refractivity contribution in [1.82, 2.24) is 0 Å². The van der Waals surface area contributed by atoms with Crippen molar-refractivity contribution in [2.75, 3.05) is 12.0 Å². The smallest absolute Gasteiger partial charge is 0.197 e. The summed E-state index contributed by atoms with van der Waals surface area (Å²) in [5, 5.41) is 8.38. The van der Waals surface area contributed by atoms with Crippen LogP contribution < -0.4 is 0 Å². The quantitative estimate of drug-likeness (QED) is 0.477. The third-order valence-electron chi connectivity index (χ3n) is 0.819. The van der Waals surface area contributed by atoms with E-state index in [1.807, 2.05) is 6.26 Å². The topological polar surface area (TPSA) is 37.3 Å². The van der Waals surface area contributed by atoms with Crippen molar-refractivity contribution in [1.29, 1.82) is 0 Å². The Labute approximate surface area is 59.0 Å². The number of allylic oxidation sites excluding steroid dienone is 1. The molecule has 0 aliphatic heterocycles. The second-order valence-corrected chi connectivity index (χ2v) is 2.54. The van der Waals surface area contributed by atoms with Gasteiger partial charge in [-0.3, -0.25) is 4.79 Å². The Balaban J connectivity index is 3.39. The number of ketones is 1. The van der Waals surface area contributed by atoms with Crippen molar-refractivity contribution in [2.45, 2.75) is 6.42 Å². The predicted octanol–water partition coefficient (Wildman–Crippen LogP) is 1.18. The summed E-state index contributed by atoms with van der Waals surface area (Å²) in [4.78, 5) is 10.5. The minimum atomic E-state index is -0.580. The van der Waals surface area contributed by atoms with Crippen molar-refractivity contribution in [3.05, 3.63) is 12.3 Å². The van der Waals surface area contributed by atoms with E-state index in [0.717, 1.165) is 0 Å². The molecule has 0 rings (SSSR count). The van der Waals surface area contributed by atoms with Gasteiger partial charge in [0, 0.05) is 12.2 Å². The Morgan fingerprint density at radius 3 is 2.67 bits per heavy atom. The van der Waals surface area contributed by atoms with Crippen LogP contribution in [0.4, 0.5) is 0 Å². The molecule has 3 heteroatoms. The molecule has 0 atom stereocenters. The van der Waals surface area contributed by atoms with Crippen LogP contribution in [0.2, 0.25) is 0 Å². The summed E-state index contributed by atoms with van der Waals surface area (Å²) in [5.74, 6) is -0.242. The van der Waals surface area contributed by atoms with Crippen molar-refractivity contribution < 1.29 is 9.90 Å². The molecular formula is C6H9O2S. The highest BCUT2D eigenvalue weighted by molar-refractivity contribution is 7.98. The molecule has 0 saturated heterocycles. The zero-order valence-corrected chi connectivity index (χ0v) is 6.07. The van der Waals surface area contributed by atoms with E-state index in [-0.39, 0.29) is 5.78 Å². The van der Waals surface area contributed by atoms with Crippen molar-refractivity contribution in [2.24, 2.45) is 0 Å². The van der Waals surface area contributed by atoms with Gasteiger partial charge in [-0.25, -0.2) is 0 Å². The van der Waals surface area contributed by atoms with Crippen LogP contribution in [-0.4, -0.2) is 22.9 Å². The average Bonchev–Trinajstić information content (AvgIpc) is 1.82. The van der Waals surface area contributed by atoms with E-state index in [2.05, 4.69) is 0 Å². The standard InChI is InChI=1S/C6H9O2S/c1-5(7)6(8)3-4-9-2/h1,7H,3-4H2,2H3. The molecule has 0 spiro atoms. The average molecular weight is 145 g/mol. The number of aliphatic hydroxyl groups is 1. The van der Waals surface area contributed by atoms with E-state index >= 15 is 0 Å². The molecule has 1 radical (unpaired) electrons. The maximum absolute atomic E-state index is 10.5. The maximum atomic E-state index is 10.5. The maximum Gasteiger partial charge on any atom is 0.197 e. The molecule has 0 aromatic carbocycles. The Kier molecular flexibility index (Phi) is 4.22. The van der Waals surface area contributed by atoms with E-state index in [4.69, 9.17) is 11.7 Å². The van der Waals surface area contributed by atoms with Crippen LogP contribution in [0.5, 0.6) is 0 Å². The largest absolute Gasteiger partial charge is 0.504 e. The van der Waals surface area contributed by atoms with Gasteiger partial charge in [-0.2, -0.15) is 11.8 Å². The number of hydrogen-bond acceptors (Lipinski definition) is 3. The first-order valence-corrected chi connectivity index (χ1v) is 3.91. The van der Waals surface area contributed by atoms with Gasteiger partial charge in [-0.1, -0.05) is 0 Å². The molecule has 0 fully saturated rings. The van der Waals surface area contributed by atoms with E-state index in [1.54, 1.807) is 11.8 Å². The summed E-state index contributed by atoms with van der Waals surface area (Å²) in [6.45, 7) is 4.79. The molecule has 51 valence electrons. The second-order valence-electron chi connectivity index (χ2n) is 1.55. The number of carbonyl (C=O) groups excluding carboxylic acids is 1. The van der Waals surface area contributed by atoms with Crippen LogP contribution in [0.3, 0.4) is 0 Å². The Morgan fingerprint density at radius 2 is 2.33 bits per heavy atom. The molecule has 0 aliphatic rings. The minimum Gasteiger partial charge on any atom is -0.504 e. The van der Waals surface area contributed by atoms with Gasteiger partial charge in [0.2, 0.25) is 0 Å². The number of carbonyl (C=O) groups is 1. The fourth-order valence-electron chi connectivity index (χ4n) is 0.323. The van der Waals surface area contributed by atoms with Crippen LogP contribution in [0, 0.1) is 6.58 Å². The lowest BCUT2D eigenvalue weighted by Crippen LogP contribution is -2.01. The van der Waals surface area contributed by atoms with Gasteiger partial charge in [0.05, 0.1) is 0 Å². The summed E-state index contributed by atoms with van der Waals surface area (Å²) >= 11 is 1.55. The lowest BCUT2D eigenvalue weighted by molar-refractivity contribution is -0.117. The SMILES string of the molecule is [CH]=C(O)C(=O)CCSC. The number of hydrogen-bond donors (Lipinski definition) is 1. The van der Waals surface area contributed by atoms with Crippen molar-refractivity contribution >= 4 is 17.5 Å². The predicted molar refractivity (Wildman–Crippen MR) is 38.4 cm³/mol. The molecule has 2 nitrogen and oxygen atoms in total. The molecule has 0 bridgehead atoms. The third-order valence-corrected chi connectivity index (χ3v) is 1.43. The van der Waals surface area contributed by atoms with Crippen LogP contribution in [0.15, 0.2) is 5.76 Å². The first-order chi connectivity index (χ1) is 4.18.